The van der Waals surface area contributed by atoms with Crippen LogP contribution in [0, 0.1) is 6.92 Å². The summed E-state index contributed by atoms with van der Waals surface area (Å²) in [5.41, 5.74) is 1.16. The van der Waals surface area contributed by atoms with Crippen LogP contribution in [-0.4, -0.2) is 52.7 Å². The summed E-state index contributed by atoms with van der Waals surface area (Å²) in [6.45, 7) is 4.65. The maximum absolute atomic E-state index is 12.4. The second-order valence-electron chi connectivity index (χ2n) is 6.59. The first kappa shape index (κ1) is 18.7. The van der Waals surface area contributed by atoms with Gasteiger partial charge in [-0.3, -0.25) is 4.90 Å². The van der Waals surface area contributed by atoms with Gasteiger partial charge in [-0.15, -0.1) is 0 Å². The molecule has 1 unspecified atom stereocenters. The zero-order valence-corrected chi connectivity index (χ0v) is 15.9. The first-order valence-corrected chi connectivity index (χ1v) is 9.18. The Labute approximate surface area is 158 Å². The molecule has 0 saturated carbocycles. The number of urea groups is 1. The van der Waals surface area contributed by atoms with Gasteiger partial charge in [-0.1, -0.05) is 28.9 Å². The molecule has 7 nitrogen and oxygen atoms in total. The van der Waals surface area contributed by atoms with Crippen molar-refractivity contribution in [1.82, 2.24) is 25.3 Å². The van der Waals surface area contributed by atoms with Crippen LogP contribution in [0.4, 0.5) is 4.79 Å². The molecular weight excluding hydrogens is 354 g/mol. The number of benzene rings is 1. The molecule has 1 N–H and O–H groups in total. The molecule has 2 aromatic rings. The van der Waals surface area contributed by atoms with Crippen LogP contribution in [0.5, 0.6) is 0 Å². The number of hydrogen-bond acceptors (Lipinski definition) is 5. The average molecular weight is 378 g/mol. The third-order valence-electron chi connectivity index (χ3n) is 4.57. The highest BCUT2D eigenvalue weighted by Crippen LogP contribution is 2.25. The van der Waals surface area contributed by atoms with E-state index in [1.807, 2.05) is 24.3 Å². The summed E-state index contributed by atoms with van der Waals surface area (Å²) in [5.74, 6) is 0.986. The molecule has 1 fully saturated rings. The van der Waals surface area contributed by atoms with Crippen molar-refractivity contribution in [1.29, 1.82) is 0 Å². The zero-order valence-electron chi connectivity index (χ0n) is 15.1. The molecule has 0 aliphatic carbocycles. The Morgan fingerprint density at radius 1 is 1.35 bits per heavy atom. The first-order chi connectivity index (χ1) is 12.5. The van der Waals surface area contributed by atoms with Gasteiger partial charge in [0.25, 0.3) is 0 Å². The number of nitrogens with zero attached hydrogens (tertiary/aromatic N) is 4. The first-order valence-electron chi connectivity index (χ1n) is 8.80. The zero-order chi connectivity index (χ0) is 18.5. The monoisotopic (exact) mass is 377 g/mol. The quantitative estimate of drug-likeness (QED) is 0.837. The van der Waals surface area contributed by atoms with Crippen molar-refractivity contribution in [3.8, 4) is 0 Å². The summed E-state index contributed by atoms with van der Waals surface area (Å²) < 4.78 is 5.07. The number of rotatable bonds is 6. The Hall–Kier alpha value is -2.12. The molecule has 0 bridgehead atoms. The number of nitrogens with one attached hydrogen (secondary N) is 1. The van der Waals surface area contributed by atoms with Gasteiger partial charge in [-0.2, -0.15) is 4.98 Å². The van der Waals surface area contributed by atoms with Gasteiger partial charge in [0.05, 0.1) is 6.04 Å². The minimum absolute atomic E-state index is 0.137. The molecule has 1 aliphatic rings. The highest BCUT2D eigenvalue weighted by molar-refractivity contribution is 6.30. The SMILES string of the molecule is Cc1noc(CN(C)C(=O)NCC(c2ccc(Cl)cc2)N2CCCC2)n1. The van der Waals surface area contributed by atoms with Crippen LogP contribution in [0.1, 0.15) is 36.2 Å². The molecule has 26 heavy (non-hydrogen) atoms. The minimum atomic E-state index is -0.168. The van der Waals surface area contributed by atoms with E-state index in [0.29, 0.717) is 23.3 Å². The number of aryl methyl sites for hydroxylation is 1. The maximum atomic E-state index is 12.4. The maximum Gasteiger partial charge on any atom is 0.317 e. The van der Waals surface area contributed by atoms with E-state index in [4.69, 9.17) is 16.1 Å². The minimum Gasteiger partial charge on any atom is -0.337 e. The van der Waals surface area contributed by atoms with E-state index in [1.165, 1.54) is 17.7 Å². The lowest BCUT2D eigenvalue weighted by Crippen LogP contribution is -2.42. The Morgan fingerprint density at radius 2 is 2.04 bits per heavy atom. The van der Waals surface area contributed by atoms with Gasteiger partial charge >= 0.3 is 6.03 Å². The van der Waals surface area contributed by atoms with Crippen LogP contribution in [0.15, 0.2) is 28.8 Å². The third kappa shape index (κ3) is 4.74. The van der Waals surface area contributed by atoms with Crippen molar-refractivity contribution in [3.63, 3.8) is 0 Å². The van der Waals surface area contributed by atoms with E-state index >= 15 is 0 Å². The van der Waals surface area contributed by atoms with Gasteiger partial charge in [0, 0.05) is 18.6 Å². The molecule has 2 heterocycles. The lowest BCUT2D eigenvalue weighted by Gasteiger charge is -2.29. The third-order valence-corrected chi connectivity index (χ3v) is 4.82. The smallest absolute Gasteiger partial charge is 0.317 e. The summed E-state index contributed by atoms with van der Waals surface area (Å²) in [4.78, 5) is 20.5. The summed E-state index contributed by atoms with van der Waals surface area (Å²) in [5, 5.41) is 7.48. The van der Waals surface area contributed by atoms with E-state index in [9.17, 15) is 4.79 Å². The fourth-order valence-electron chi connectivity index (χ4n) is 3.19. The van der Waals surface area contributed by atoms with Crippen molar-refractivity contribution < 1.29 is 9.32 Å². The van der Waals surface area contributed by atoms with Gasteiger partial charge in [0.2, 0.25) is 5.89 Å². The standard InChI is InChI=1S/C18H24ClN5O2/c1-13-21-17(26-22-13)12-23(2)18(25)20-11-16(24-9-3-4-10-24)14-5-7-15(19)8-6-14/h5-8,16H,3-4,9-12H2,1-2H3,(H,20,25). The van der Waals surface area contributed by atoms with Crippen molar-refractivity contribution in [2.75, 3.05) is 26.7 Å². The number of halogens is 1. The molecule has 2 amide bonds. The normalized spacial score (nSPS) is 15.8. The highest BCUT2D eigenvalue weighted by Gasteiger charge is 2.24. The number of carbonyl (C=O) groups excluding carboxylic acids is 1. The predicted molar refractivity (Wildman–Crippen MR) is 98.9 cm³/mol. The van der Waals surface area contributed by atoms with E-state index in [0.717, 1.165) is 18.7 Å². The van der Waals surface area contributed by atoms with E-state index in [-0.39, 0.29) is 18.6 Å². The molecule has 0 spiro atoms. The van der Waals surface area contributed by atoms with Crippen molar-refractivity contribution in [2.45, 2.75) is 32.4 Å². The average Bonchev–Trinajstić information content (AvgIpc) is 3.28. The highest BCUT2D eigenvalue weighted by atomic mass is 35.5. The lowest BCUT2D eigenvalue weighted by molar-refractivity contribution is 0.189. The molecule has 3 rings (SSSR count). The van der Waals surface area contributed by atoms with Crippen LogP contribution >= 0.6 is 11.6 Å². The topological polar surface area (TPSA) is 74.5 Å². The van der Waals surface area contributed by atoms with E-state index in [1.54, 1.807) is 14.0 Å². The second kappa shape index (κ2) is 8.51. The summed E-state index contributed by atoms with van der Waals surface area (Å²) in [6, 6.07) is 7.82. The summed E-state index contributed by atoms with van der Waals surface area (Å²) in [7, 11) is 1.71. The fraction of sp³-hybridized carbons (Fsp3) is 0.500. The molecule has 1 aromatic carbocycles. The second-order valence-corrected chi connectivity index (χ2v) is 7.02. The van der Waals surface area contributed by atoms with Gasteiger partial charge in [-0.05, 0) is 50.6 Å². The number of amides is 2. The van der Waals surface area contributed by atoms with Crippen LogP contribution in [0.3, 0.4) is 0 Å². The van der Waals surface area contributed by atoms with Gasteiger partial charge in [0.15, 0.2) is 5.82 Å². The number of likely N-dealkylation sites (tertiary alicyclic amines) is 1. The van der Waals surface area contributed by atoms with Crippen LogP contribution in [0.2, 0.25) is 5.02 Å². The molecule has 1 atom stereocenters. The molecule has 1 aromatic heterocycles. The van der Waals surface area contributed by atoms with Gasteiger partial charge < -0.3 is 14.7 Å². The van der Waals surface area contributed by atoms with Crippen molar-refractivity contribution >= 4 is 17.6 Å². The summed E-state index contributed by atoms with van der Waals surface area (Å²) >= 11 is 6.01. The van der Waals surface area contributed by atoms with Crippen LogP contribution in [0.25, 0.3) is 0 Å². The van der Waals surface area contributed by atoms with E-state index < -0.39 is 0 Å². The van der Waals surface area contributed by atoms with Crippen molar-refractivity contribution in [2.24, 2.45) is 0 Å². The van der Waals surface area contributed by atoms with Crippen molar-refractivity contribution in [3.05, 3.63) is 46.6 Å². The van der Waals surface area contributed by atoms with Crippen LogP contribution in [-0.2, 0) is 6.54 Å². The number of aromatic nitrogens is 2. The van der Waals surface area contributed by atoms with Gasteiger partial charge in [0.1, 0.15) is 6.54 Å². The Kier molecular flexibility index (Phi) is 6.11. The molecule has 1 aliphatic heterocycles. The molecule has 140 valence electrons. The number of carbonyl (C=O) groups is 1. The number of hydrogen-bond donors (Lipinski definition) is 1. The van der Waals surface area contributed by atoms with E-state index in [2.05, 4.69) is 20.4 Å². The van der Waals surface area contributed by atoms with Gasteiger partial charge in [-0.25, -0.2) is 4.79 Å². The Bertz CT molecular complexity index is 727. The Balaban J connectivity index is 1.61. The molecule has 8 heteroatoms. The predicted octanol–water partition coefficient (Wildman–Crippen LogP) is 3.01. The summed E-state index contributed by atoms with van der Waals surface area (Å²) in [6.07, 6.45) is 2.38. The fourth-order valence-corrected chi connectivity index (χ4v) is 3.32. The largest absolute Gasteiger partial charge is 0.337 e. The molecule has 1 saturated heterocycles. The molecule has 0 radical (unpaired) electrons. The van der Waals surface area contributed by atoms with Crippen LogP contribution < -0.4 is 5.32 Å². The Morgan fingerprint density at radius 3 is 2.65 bits per heavy atom. The molecular formula is C18H24ClN5O2. The lowest BCUT2D eigenvalue weighted by atomic mass is 10.1.